The topological polar surface area (TPSA) is 38.3 Å². The van der Waals surface area contributed by atoms with Crippen molar-refractivity contribution in [3.8, 4) is 0 Å². The molecule has 0 aliphatic carbocycles. The minimum Gasteiger partial charge on any atom is -0.363 e. The fraction of sp³-hybridized carbons (Fsp3) is 0.188. The fourth-order valence-corrected chi connectivity index (χ4v) is 2.78. The summed E-state index contributed by atoms with van der Waals surface area (Å²) in [6, 6.07) is 15.5. The van der Waals surface area contributed by atoms with Gasteiger partial charge in [0.05, 0.1) is 6.61 Å². The summed E-state index contributed by atoms with van der Waals surface area (Å²) < 4.78 is 6.58. The van der Waals surface area contributed by atoms with Crippen LogP contribution in [0.25, 0.3) is 0 Å². The lowest BCUT2D eigenvalue weighted by atomic mass is 9.97. The summed E-state index contributed by atoms with van der Waals surface area (Å²) in [6.07, 6.45) is 0.329. The number of rotatable bonds is 2. The molecule has 3 nitrogen and oxygen atoms in total. The molecule has 4 heteroatoms. The van der Waals surface area contributed by atoms with Gasteiger partial charge >= 0.3 is 0 Å². The van der Waals surface area contributed by atoms with Gasteiger partial charge in [0.25, 0.3) is 5.91 Å². The first-order chi connectivity index (χ1) is 9.74. The highest BCUT2D eigenvalue weighted by molar-refractivity contribution is 9.10. The number of hydrogen-bond acceptors (Lipinski definition) is 2. The zero-order valence-corrected chi connectivity index (χ0v) is 12.4. The maximum atomic E-state index is 12.4. The van der Waals surface area contributed by atoms with Gasteiger partial charge in [0.15, 0.2) is 6.10 Å². The predicted molar refractivity (Wildman–Crippen MR) is 81.6 cm³/mol. The number of ether oxygens (including phenoxy) is 1. The van der Waals surface area contributed by atoms with Crippen molar-refractivity contribution in [3.05, 3.63) is 64.1 Å². The molecule has 1 N–H and O–H groups in total. The van der Waals surface area contributed by atoms with Crippen LogP contribution in [0.3, 0.4) is 0 Å². The van der Waals surface area contributed by atoms with E-state index in [9.17, 15) is 4.79 Å². The van der Waals surface area contributed by atoms with E-state index < -0.39 is 6.10 Å². The van der Waals surface area contributed by atoms with Gasteiger partial charge in [-0.3, -0.25) is 4.79 Å². The molecule has 1 amide bonds. The molecule has 0 saturated carbocycles. The van der Waals surface area contributed by atoms with Crippen LogP contribution in [-0.2, 0) is 16.0 Å². The van der Waals surface area contributed by atoms with Crippen LogP contribution >= 0.6 is 15.9 Å². The molecule has 1 aliphatic heterocycles. The molecule has 3 rings (SSSR count). The molecule has 1 aliphatic rings. The maximum Gasteiger partial charge on any atom is 0.258 e. The van der Waals surface area contributed by atoms with E-state index in [0.717, 1.165) is 22.1 Å². The first kappa shape index (κ1) is 13.3. The van der Waals surface area contributed by atoms with Crippen molar-refractivity contribution < 1.29 is 9.53 Å². The monoisotopic (exact) mass is 331 g/mol. The Kier molecular flexibility index (Phi) is 3.85. The van der Waals surface area contributed by atoms with E-state index in [0.29, 0.717) is 6.61 Å². The molecule has 102 valence electrons. The van der Waals surface area contributed by atoms with Crippen LogP contribution in [0, 0.1) is 0 Å². The first-order valence-electron chi connectivity index (χ1n) is 6.50. The zero-order valence-electron chi connectivity index (χ0n) is 10.8. The van der Waals surface area contributed by atoms with E-state index in [1.807, 2.05) is 42.5 Å². The molecular formula is C16H14BrNO2. The summed E-state index contributed by atoms with van der Waals surface area (Å²) in [5, 5.41) is 2.90. The Balaban J connectivity index is 1.82. The number of fused-ring (bicyclic) bond motifs is 1. The van der Waals surface area contributed by atoms with Gasteiger partial charge in [-0.15, -0.1) is 0 Å². The number of halogens is 1. The summed E-state index contributed by atoms with van der Waals surface area (Å²) in [6.45, 7) is 0.577. The molecule has 0 spiro atoms. The van der Waals surface area contributed by atoms with Gasteiger partial charge in [-0.05, 0) is 35.7 Å². The van der Waals surface area contributed by atoms with Crippen molar-refractivity contribution in [2.45, 2.75) is 12.5 Å². The second-order valence-electron chi connectivity index (χ2n) is 4.70. The second-order valence-corrected chi connectivity index (χ2v) is 5.61. The van der Waals surface area contributed by atoms with Crippen LogP contribution in [0.4, 0.5) is 5.69 Å². The quantitative estimate of drug-likeness (QED) is 0.911. The van der Waals surface area contributed by atoms with Crippen molar-refractivity contribution in [1.29, 1.82) is 0 Å². The van der Waals surface area contributed by atoms with E-state index >= 15 is 0 Å². The molecule has 2 aromatic carbocycles. The number of amides is 1. The van der Waals surface area contributed by atoms with E-state index in [4.69, 9.17) is 4.74 Å². The lowest BCUT2D eigenvalue weighted by Crippen LogP contribution is -2.28. The number of carbonyl (C=O) groups excluding carboxylic acids is 1. The molecule has 0 radical (unpaired) electrons. The summed E-state index contributed by atoms with van der Waals surface area (Å²) in [4.78, 5) is 12.4. The standard InChI is InChI=1S/C16H14BrNO2/c17-12-5-3-6-13(10-12)18-16(19)15-14-7-2-1-4-11(14)8-9-20-15/h1-7,10,15H,8-9H2,(H,18,19). The molecule has 0 aromatic heterocycles. The summed E-state index contributed by atoms with van der Waals surface area (Å²) in [7, 11) is 0. The van der Waals surface area contributed by atoms with E-state index in [1.54, 1.807) is 0 Å². The van der Waals surface area contributed by atoms with E-state index in [1.165, 1.54) is 5.56 Å². The van der Waals surface area contributed by atoms with Crippen LogP contribution < -0.4 is 5.32 Å². The summed E-state index contributed by atoms with van der Waals surface area (Å²) in [5.41, 5.74) is 2.91. The molecule has 20 heavy (non-hydrogen) atoms. The molecule has 0 saturated heterocycles. The average Bonchev–Trinajstić information content (AvgIpc) is 2.46. The molecule has 1 unspecified atom stereocenters. The fourth-order valence-electron chi connectivity index (χ4n) is 2.39. The van der Waals surface area contributed by atoms with Crippen molar-refractivity contribution in [1.82, 2.24) is 0 Å². The Morgan fingerprint density at radius 2 is 2.05 bits per heavy atom. The number of hydrogen-bond donors (Lipinski definition) is 1. The normalized spacial score (nSPS) is 17.4. The summed E-state index contributed by atoms with van der Waals surface area (Å²) >= 11 is 3.39. The van der Waals surface area contributed by atoms with E-state index in [2.05, 4.69) is 27.3 Å². The van der Waals surface area contributed by atoms with Gasteiger partial charge in [-0.1, -0.05) is 46.3 Å². The Bertz CT molecular complexity index is 642. The van der Waals surface area contributed by atoms with Crippen LogP contribution in [0.5, 0.6) is 0 Å². The Hall–Kier alpha value is -1.65. The summed E-state index contributed by atoms with van der Waals surface area (Å²) in [5.74, 6) is -0.129. The van der Waals surface area contributed by atoms with Crippen molar-refractivity contribution >= 4 is 27.5 Å². The highest BCUT2D eigenvalue weighted by Gasteiger charge is 2.27. The predicted octanol–water partition coefficient (Wildman–Crippen LogP) is 3.70. The van der Waals surface area contributed by atoms with Crippen molar-refractivity contribution in [2.24, 2.45) is 0 Å². The Morgan fingerprint density at radius 1 is 1.20 bits per heavy atom. The number of benzene rings is 2. The Morgan fingerprint density at radius 3 is 2.90 bits per heavy atom. The molecular weight excluding hydrogens is 318 g/mol. The zero-order chi connectivity index (χ0) is 13.9. The van der Waals surface area contributed by atoms with Gasteiger partial charge in [-0.2, -0.15) is 0 Å². The third kappa shape index (κ3) is 2.76. The van der Waals surface area contributed by atoms with Crippen LogP contribution in [0.15, 0.2) is 53.0 Å². The lowest BCUT2D eigenvalue weighted by Gasteiger charge is -2.25. The minimum atomic E-state index is -0.529. The van der Waals surface area contributed by atoms with Gasteiger partial charge in [0.1, 0.15) is 0 Å². The molecule has 0 fully saturated rings. The number of carbonyl (C=O) groups is 1. The van der Waals surface area contributed by atoms with Crippen LogP contribution in [0.1, 0.15) is 17.2 Å². The number of nitrogens with one attached hydrogen (secondary N) is 1. The second kappa shape index (κ2) is 5.77. The maximum absolute atomic E-state index is 12.4. The lowest BCUT2D eigenvalue weighted by molar-refractivity contribution is -0.128. The van der Waals surface area contributed by atoms with Crippen molar-refractivity contribution in [3.63, 3.8) is 0 Å². The molecule has 2 aromatic rings. The van der Waals surface area contributed by atoms with Gasteiger partial charge in [-0.25, -0.2) is 0 Å². The smallest absolute Gasteiger partial charge is 0.258 e. The molecule has 1 atom stereocenters. The largest absolute Gasteiger partial charge is 0.363 e. The third-order valence-electron chi connectivity index (χ3n) is 3.32. The van der Waals surface area contributed by atoms with Crippen LogP contribution in [0.2, 0.25) is 0 Å². The van der Waals surface area contributed by atoms with Crippen molar-refractivity contribution in [2.75, 3.05) is 11.9 Å². The van der Waals surface area contributed by atoms with Gasteiger partial charge in [0.2, 0.25) is 0 Å². The minimum absolute atomic E-state index is 0.129. The highest BCUT2D eigenvalue weighted by atomic mass is 79.9. The first-order valence-corrected chi connectivity index (χ1v) is 7.29. The Labute approximate surface area is 126 Å². The number of anilines is 1. The van der Waals surface area contributed by atoms with E-state index in [-0.39, 0.29) is 5.91 Å². The van der Waals surface area contributed by atoms with Gasteiger partial charge in [0, 0.05) is 10.2 Å². The highest BCUT2D eigenvalue weighted by Crippen LogP contribution is 2.28. The SMILES string of the molecule is O=C(Nc1cccc(Br)c1)C1OCCc2ccccc21. The average molecular weight is 332 g/mol. The molecule has 1 heterocycles. The molecule has 0 bridgehead atoms. The third-order valence-corrected chi connectivity index (χ3v) is 3.82. The van der Waals surface area contributed by atoms with Gasteiger partial charge < -0.3 is 10.1 Å². The van der Waals surface area contributed by atoms with Crippen LogP contribution in [-0.4, -0.2) is 12.5 Å².